The molecule has 10 nitrogen and oxygen atoms in total. The summed E-state index contributed by atoms with van der Waals surface area (Å²) < 4.78 is 16.5. The summed E-state index contributed by atoms with van der Waals surface area (Å²) in [5.74, 6) is -1.46. The number of aliphatic hydroxyl groups excluding tert-OH is 5. The molecule has 1 aliphatic heterocycles. The van der Waals surface area contributed by atoms with Crippen molar-refractivity contribution in [2.45, 2.75) is 76.0 Å². The van der Waals surface area contributed by atoms with Crippen molar-refractivity contribution in [3.8, 4) is 0 Å². The fourth-order valence-corrected chi connectivity index (χ4v) is 4.24. The van der Waals surface area contributed by atoms with Crippen LogP contribution in [0.4, 0.5) is 0 Å². The quantitative estimate of drug-likeness (QED) is 0.184. The molecule has 1 saturated carbocycles. The van der Waals surface area contributed by atoms with Gasteiger partial charge < -0.3 is 44.8 Å². The van der Waals surface area contributed by atoms with Crippen molar-refractivity contribution < 1.29 is 49.6 Å². The highest BCUT2D eigenvalue weighted by molar-refractivity contribution is 5.70. The zero-order chi connectivity index (χ0) is 23.5. The Bertz CT molecular complexity index is 619. The third-order valence-electron chi connectivity index (χ3n) is 6.22. The van der Waals surface area contributed by atoms with Crippen LogP contribution in [-0.4, -0.2) is 98.8 Å². The standard InChI is InChI=1S/C21H36O10/c1-10(2)5-16(24)31-15-6-12(11(3)7-22)13(21(15,4)28)9-29-20-19(27)18(26)17(25)14(8-23)30-20/h10,12-15,17-20,22-23,25-28H,3,5-9H2,1-2,4H3/t12-,13+,14-,15+,17+,18+,19-,20-,21+/m1/s1. The van der Waals surface area contributed by atoms with Gasteiger partial charge in [-0.05, 0) is 30.8 Å². The second-order valence-corrected chi connectivity index (χ2v) is 9.10. The van der Waals surface area contributed by atoms with Gasteiger partial charge >= 0.3 is 5.97 Å². The molecule has 0 amide bonds. The smallest absolute Gasteiger partial charge is 0.306 e. The topological polar surface area (TPSA) is 166 Å². The minimum atomic E-state index is -1.59. The number of ether oxygens (including phenoxy) is 3. The van der Waals surface area contributed by atoms with E-state index < -0.39 is 66.8 Å². The van der Waals surface area contributed by atoms with Crippen LogP contribution in [0.3, 0.4) is 0 Å². The van der Waals surface area contributed by atoms with Crippen LogP contribution in [-0.2, 0) is 19.0 Å². The van der Waals surface area contributed by atoms with Gasteiger partial charge in [0, 0.05) is 12.3 Å². The molecule has 10 heteroatoms. The molecule has 2 fully saturated rings. The van der Waals surface area contributed by atoms with Crippen LogP contribution in [0.25, 0.3) is 0 Å². The molecule has 0 spiro atoms. The summed E-state index contributed by atoms with van der Waals surface area (Å²) in [4.78, 5) is 12.2. The first-order valence-electron chi connectivity index (χ1n) is 10.6. The number of esters is 1. The first-order chi connectivity index (χ1) is 14.4. The highest BCUT2D eigenvalue weighted by Crippen LogP contribution is 2.45. The fraction of sp³-hybridized carbons (Fsp3) is 0.857. The van der Waals surface area contributed by atoms with E-state index in [0.29, 0.717) is 5.57 Å². The number of carbonyl (C=O) groups is 1. The molecule has 1 heterocycles. The zero-order valence-corrected chi connectivity index (χ0v) is 18.3. The fourth-order valence-electron chi connectivity index (χ4n) is 4.24. The first-order valence-corrected chi connectivity index (χ1v) is 10.6. The van der Waals surface area contributed by atoms with Crippen LogP contribution in [0.5, 0.6) is 0 Å². The van der Waals surface area contributed by atoms with E-state index in [1.165, 1.54) is 6.92 Å². The van der Waals surface area contributed by atoms with E-state index in [1.54, 1.807) is 0 Å². The van der Waals surface area contributed by atoms with E-state index in [1.807, 2.05) is 13.8 Å². The maximum atomic E-state index is 12.2. The Morgan fingerprint density at radius 1 is 1.19 bits per heavy atom. The molecule has 0 aromatic rings. The molecule has 2 rings (SSSR count). The molecule has 1 saturated heterocycles. The lowest BCUT2D eigenvalue weighted by Gasteiger charge is -2.41. The van der Waals surface area contributed by atoms with Gasteiger partial charge in [0.25, 0.3) is 0 Å². The SMILES string of the molecule is C=C(CO)[C@H]1C[C@H](OC(=O)CC(C)C)[C@@](C)(O)[C@H]1CO[C@@H]1O[C@H](CO)[C@H](O)[C@H](O)[C@H]1O. The summed E-state index contributed by atoms with van der Waals surface area (Å²) in [5.41, 5.74) is -1.09. The van der Waals surface area contributed by atoms with Gasteiger partial charge in [0.1, 0.15) is 36.1 Å². The van der Waals surface area contributed by atoms with Crippen molar-refractivity contribution in [3.05, 3.63) is 12.2 Å². The molecule has 0 radical (unpaired) electrons. The first kappa shape index (κ1) is 26.1. The number of hydrogen-bond acceptors (Lipinski definition) is 10. The predicted octanol–water partition coefficient (Wildman–Crippen LogP) is -1.30. The third kappa shape index (κ3) is 5.82. The highest BCUT2D eigenvalue weighted by Gasteiger charge is 2.54. The summed E-state index contributed by atoms with van der Waals surface area (Å²) in [7, 11) is 0. The van der Waals surface area contributed by atoms with E-state index in [9.17, 15) is 35.4 Å². The summed E-state index contributed by atoms with van der Waals surface area (Å²) in [6, 6.07) is 0. The molecular formula is C21H36O10. The maximum Gasteiger partial charge on any atom is 0.306 e. The monoisotopic (exact) mass is 448 g/mol. The van der Waals surface area contributed by atoms with Crippen LogP contribution in [0.2, 0.25) is 0 Å². The Hall–Kier alpha value is -1.11. The Kier molecular flexibility index (Phi) is 9.00. The molecule has 2 aliphatic rings. The van der Waals surface area contributed by atoms with Crippen LogP contribution in [0.15, 0.2) is 12.2 Å². The lowest BCUT2D eigenvalue weighted by Crippen LogP contribution is -2.59. The molecule has 1 aliphatic carbocycles. The van der Waals surface area contributed by atoms with Gasteiger partial charge in [0.05, 0.1) is 19.8 Å². The van der Waals surface area contributed by atoms with Crippen molar-refractivity contribution in [1.29, 1.82) is 0 Å². The molecular weight excluding hydrogens is 412 g/mol. The van der Waals surface area contributed by atoms with Gasteiger partial charge in [0.15, 0.2) is 6.29 Å². The summed E-state index contributed by atoms with van der Waals surface area (Å²) in [6.07, 6.45) is -7.59. The van der Waals surface area contributed by atoms with Crippen molar-refractivity contribution in [2.75, 3.05) is 19.8 Å². The van der Waals surface area contributed by atoms with Gasteiger partial charge in [0.2, 0.25) is 0 Å². The van der Waals surface area contributed by atoms with Crippen LogP contribution in [0, 0.1) is 17.8 Å². The van der Waals surface area contributed by atoms with E-state index in [0.717, 1.165) is 0 Å². The van der Waals surface area contributed by atoms with Crippen LogP contribution >= 0.6 is 0 Å². The Morgan fingerprint density at radius 2 is 1.84 bits per heavy atom. The number of rotatable bonds is 9. The minimum absolute atomic E-state index is 0.0902. The van der Waals surface area contributed by atoms with E-state index in [-0.39, 0.29) is 32.0 Å². The Balaban J connectivity index is 2.14. The number of aliphatic hydroxyl groups is 6. The molecule has 0 unspecified atom stereocenters. The van der Waals surface area contributed by atoms with Crippen molar-refractivity contribution in [2.24, 2.45) is 17.8 Å². The molecule has 180 valence electrons. The molecule has 9 atom stereocenters. The van der Waals surface area contributed by atoms with Crippen LogP contribution < -0.4 is 0 Å². The molecule has 0 aromatic heterocycles. The molecule has 0 aromatic carbocycles. The normalized spacial score (nSPS) is 40.8. The van der Waals surface area contributed by atoms with E-state index >= 15 is 0 Å². The lowest BCUT2D eigenvalue weighted by atomic mass is 9.84. The van der Waals surface area contributed by atoms with Crippen molar-refractivity contribution in [3.63, 3.8) is 0 Å². The van der Waals surface area contributed by atoms with E-state index in [2.05, 4.69) is 6.58 Å². The number of hydrogen-bond donors (Lipinski definition) is 6. The Labute approximate surface area is 182 Å². The van der Waals surface area contributed by atoms with Gasteiger partial charge in [-0.3, -0.25) is 4.79 Å². The molecule has 31 heavy (non-hydrogen) atoms. The van der Waals surface area contributed by atoms with Crippen molar-refractivity contribution >= 4 is 5.97 Å². The average Bonchev–Trinajstić information content (AvgIpc) is 2.94. The van der Waals surface area contributed by atoms with Gasteiger partial charge in [-0.15, -0.1) is 0 Å². The van der Waals surface area contributed by atoms with Gasteiger partial charge in [-0.25, -0.2) is 0 Å². The number of carbonyl (C=O) groups excluding carboxylic acids is 1. The van der Waals surface area contributed by atoms with Gasteiger partial charge in [-0.1, -0.05) is 20.4 Å². The van der Waals surface area contributed by atoms with Gasteiger partial charge in [-0.2, -0.15) is 0 Å². The summed E-state index contributed by atoms with van der Waals surface area (Å²) in [6.45, 7) is 8.00. The molecule has 0 bridgehead atoms. The largest absolute Gasteiger partial charge is 0.459 e. The molecule has 6 N–H and O–H groups in total. The maximum absolute atomic E-state index is 12.2. The summed E-state index contributed by atoms with van der Waals surface area (Å²) in [5, 5.41) is 60.1. The van der Waals surface area contributed by atoms with Crippen LogP contribution in [0.1, 0.15) is 33.6 Å². The lowest BCUT2D eigenvalue weighted by molar-refractivity contribution is -0.306. The average molecular weight is 449 g/mol. The summed E-state index contributed by atoms with van der Waals surface area (Å²) >= 11 is 0. The predicted molar refractivity (Wildman–Crippen MR) is 108 cm³/mol. The van der Waals surface area contributed by atoms with Crippen molar-refractivity contribution in [1.82, 2.24) is 0 Å². The second kappa shape index (κ2) is 10.7. The minimum Gasteiger partial charge on any atom is -0.459 e. The zero-order valence-electron chi connectivity index (χ0n) is 18.3. The Morgan fingerprint density at radius 3 is 2.39 bits per heavy atom. The van der Waals surface area contributed by atoms with E-state index in [4.69, 9.17) is 14.2 Å². The highest BCUT2D eigenvalue weighted by atomic mass is 16.7. The third-order valence-corrected chi connectivity index (χ3v) is 6.22. The second-order valence-electron chi connectivity index (χ2n) is 9.10.